The molecule has 2 aromatic carbocycles. The monoisotopic (exact) mass is 403 g/mol. The Hall–Kier alpha value is -2.31. The fourth-order valence-electron chi connectivity index (χ4n) is 3.88. The first-order valence-corrected chi connectivity index (χ1v) is 10.6. The molecule has 0 saturated carbocycles. The number of carboxylic acids is 1. The topological polar surface area (TPSA) is 76.4 Å². The minimum Gasteiger partial charge on any atom is -0.480 e. The quantitative estimate of drug-likeness (QED) is 0.722. The van der Waals surface area contributed by atoms with Crippen molar-refractivity contribution in [3.63, 3.8) is 0 Å². The van der Waals surface area contributed by atoms with Gasteiger partial charge >= 0.3 is 5.97 Å². The number of carbonyl (C=O) groups is 1. The second kappa shape index (κ2) is 6.39. The van der Waals surface area contributed by atoms with Crippen LogP contribution < -0.4 is 0 Å². The summed E-state index contributed by atoms with van der Waals surface area (Å²) in [5.41, 5.74) is 4.58. The third kappa shape index (κ3) is 3.13. The van der Waals surface area contributed by atoms with Gasteiger partial charge in [0, 0.05) is 16.1 Å². The molecule has 2 heterocycles. The highest BCUT2D eigenvalue weighted by atomic mass is 35.5. The van der Waals surface area contributed by atoms with Gasteiger partial charge < -0.3 is 9.67 Å². The van der Waals surface area contributed by atoms with E-state index in [4.69, 9.17) is 11.6 Å². The Morgan fingerprint density at radius 1 is 1.22 bits per heavy atom. The Balaban J connectivity index is 1.81. The number of aryl methyl sites for hydroxylation is 1. The maximum Gasteiger partial charge on any atom is 0.323 e. The minimum absolute atomic E-state index is 0.134. The Kier molecular flexibility index (Phi) is 4.28. The third-order valence-corrected chi connectivity index (χ3v) is 7.24. The molecule has 27 heavy (non-hydrogen) atoms. The number of halogens is 1. The minimum atomic E-state index is -3.14. The van der Waals surface area contributed by atoms with Crippen LogP contribution >= 0.6 is 11.6 Å². The molecule has 1 aliphatic heterocycles. The van der Waals surface area contributed by atoms with Gasteiger partial charge in [-0.25, -0.2) is 8.42 Å². The van der Waals surface area contributed by atoms with Gasteiger partial charge in [0.05, 0.1) is 16.2 Å². The van der Waals surface area contributed by atoms with Crippen LogP contribution in [-0.4, -0.2) is 29.8 Å². The van der Waals surface area contributed by atoms with E-state index in [2.05, 4.69) is 0 Å². The van der Waals surface area contributed by atoms with Gasteiger partial charge in [-0.05, 0) is 54.7 Å². The summed E-state index contributed by atoms with van der Waals surface area (Å²) in [6, 6.07) is 11.0. The largest absolute Gasteiger partial charge is 0.480 e. The van der Waals surface area contributed by atoms with E-state index in [1.807, 2.05) is 25.1 Å². The zero-order valence-electron chi connectivity index (χ0n) is 14.7. The summed E-state index contributed by atoms with van der Waals surface area (Å²) in [7, 11) is -3.14. The normalized spacial score (nSPS) is 15.2. The first kappa shape index (κ1) is 18.1. The molecule has 0 amide bonds. The molecule has 0 spiro atoms. The number of sulfone groups is 1. The van der Waals surface area contributed by atoms with Crippen molar-refractivity contribution in [2.45, 2.75) is 31.2 Å². The molecule has 0 fully saturated rings. The lowest BCUT2D eigenvalue weighted by Gasteiger charge is -2.07. The SMILES string of the molecule is Cc1c(Cc2ccc3c(c2)CCS3(=O)=O)c2ccc(Cl)cc2n1CC(=O)O. The van der Waals surface area contributed by atoms with Crippen LogP contribution in [0, 0.1) is 6.92 Å². The van der Waals surface area contributed by atoms with Crippen LogP contribution in [0.4, 0.5) is 0 Å². The number of rotatable bonds is 4. The highest BCUT2D eigenvalue weighted by molar-refractivity contribution is 7.91. The number of aliphatic carboxylic acids is 1. The van der Waals surface area contributed by atoms with E-state index in [9.17, 15) is 18.3 Å². The van der Waals surface area contributed by atoms with Crippen molar-refractivity contribution in [1.29, 1.82) is 0 Å². The lowest BCUT2D eigenvalue weighted by atomic mass is 10.00. The Labute approximate surface area is 162 Å². The van der Waals surface area contributed by atoms with Crippen LogP contribution in [0.1, 0.15) is 22.4 Å². The number of carboxylic acid groups (broad SMARTS) is 1. The third-order valence-electron chi connectivity index (χ3n) is 5.19. The smallest absolute Gasteiger partial charge is 0.323 e. The lowest BCUT2D eigenvalue weighted by molar-refractivity contribution is -0.137. The van der Waals surface area contributed by atoms with Gasteiger partial charge in [-0.3, -0.25) is 4.79 Å². The number of hydrogen-bond donors (Lipinski definition) is 1. The Bertz CT molecular complexity index is 1190. The summed E-state index contributed by atoms with van der Waals surface area (Å²) in [6.45, 7) is 1.77. The van der Waals surface area contributed by atoms with Crippen molar-refractivity contribution in [2.24, 2.45) is 0 Å². The van der Waals surface area contributed by atoms with E-state index in [1.165, 1.54) is 0 Å². The van der Waals surface area contributed by atoms with Gasteiger partial charge in [-0.2, -0.15) is 0 Å². The Morgan fingerprint density at radius 3 is 2.74 bits per heavy atom. The molecule has 4 rings (SSSR count). The summed E-state index contributed by atoms with van der Waals surface area (Å²) in [5.74, 6) is -0.745. The predicted molar refractivity (Wildman–Crippen MR) is 104 cm³/mol. The van der Waals surface area contributed by atoms with Crippen LogP contribution in [0.5, 0.6) is 0 Å². The molecule has 1 aromatic heterocycles. The van der Waals surface area contributed by atoms with Gasteiger partial charge in [-0.1, -0.05) is 29.8 Å². The van der Waals surface area contributed by atoms with E-state index < -0.39 is 15.8 Å². The summed E-state index contributed by atoms with van der Waals surface area (Å²) in [5, 5.41) is 10.8. The van der Waals surface area contributed by atoms with E-state index in [0.29, 0.717) is 22.8 Å². The fraction of sp³-hybridized carbons (Fsp3) is 0.250. The first-order valence-electron chi connectivity index (χ1n) is 8.60. The van der Waals surface area contributed by atoms with Gasteiger partial charge in [-0.15, -0.1) is 0 Å². The van der Waals surface area contributed by atoms with Crippen molar-refractivity contribution in [1.82, 2.24) is 4.57 Å². The molecule has 5 nitrogen and oxygen atoms in total. The fourth-order valence-corrected chi connectivity index (χ4v) is 5.59. The highest BCUT2D eigenvalue weighted by Crippen LogP contribution is 2.32. The standard InChI is InChI=1S/C20H18ClNO4S/c1-12-17(9-13-2-5-19-14(8-13)6-7-27(19,25)26)16-4-3-15(21)10-18(16)22(12)11-20(23)24/h2-5,8,10H,6-7,9,11H2,1H3,(H,23,24). The van der Waals surface area contributed by atoms with Crippen LogP contribution in [0.2, 0.25) is 5.02 Å². The summed E-state index contributed by atoms with van der Waals surface area (Å²) >= 11 is 6.12. The van der Waals surface area contributed by atoms with Gasteiger partial charge in [0.2, 0.25) is 0 Å². The molecule has 3 aromatic rings. The van der Waals surface area contributed by atoms with Gasteiger partial charge in [0.25, 0.3) is 0 Å². The van der Waals surface area contributed by atoms with Crippen LogP contribution in [0.3, 0.4) is 0 Å². The molecule has 140 valence electrons. The van der Waals surface area contributed by atoms with Crippen molar-refractivity contribution in [3.8, 4) is 0 Å². The predicted octanol–water partition coefficient (Wildman–Crippen LogP) is 3.61. The van der Waals surface area contributed by atoms with E-state index in [-0.39, 0.29) is 12.3 Å². The van der Waals surface area contributed by atoms with Crippen LogP contribution in [-0.2, 0) is 34.0 Å². The molecule has 1 N–H and O–H groups in total. The molecule has 0 atom stereocenters. The molecule has 1 aliphatic rings. The second-order valence-corrected chi connectivity index (χ2v) is 9.41. The summed E-state index contributed by atoms with van der Waals surface area (Å²) in [6.07, 6.45) is 1.14. The lowest BCUT2D eigenvalue weighted by Crippen LogP contribution is -2.10. The van der Waals surface area contributed by atoms with Gasteiger partial charge in [0.15, 0.2) is 9.84 Å². The number of nitrogens with zero attached hydrogens (tertiary/aromatic N) is 1. The number of benzene rings is 2. The summed E-state index contributed by atoms with van der Waals surface area (Å²) in [4.78, 5) is 11.7. The molecule has 0 saturated heterocycles. The molecule has 0 unspecified atom stereocenters. The maximum atomic E-state index is 12.0. The molecule has 0 radical (unpaired) electrons. The van der Waals surface area contributed by atoms with E-state index in [1.54, 1.807) is 22.8 Å². The van der Waals surface area contributed by atoms with Crippen molar-refractivity contribution >= 4 is 38.3 Å². The van der Waals surface area contributed by atoms with Gasteiger partial charge in [0.1, 0.15) is 6.54 Å². The average molecular weight is 404 g/mol. The van der Waals surface area contributed by atoms with Crippen LogP contribution in [0.15, 0.2) is 41.3 Å². The van der Waals surface area contributed by atoms with E-state index >= 15 is 0 Å². The molecule has 0 aliphatic carbocycles. The zero-order chi connectivity index (χ0) is 19.3. The average Bonchev–Trinajstić information content (AvgIpc) is 3.03. The Morgan fingerprint density at radius 2 is 2.00 bits per heavy atom. The zero-order valence-corrected chi connectivity index (χ0v) is 16.3. The molecular weight excluding hydrogens is 386 g/mol. The molecular formula is C20H18ClNO4S. The molecule has 7 heteroatoms. The summed E-state index contributed by atoms with van der Waals surface area (Å²) < 4.78 is 25.8. The van der Waals surface area contributed by atoms with Crippen LogP contribution in [0.25, 0.3) is 10.9 Å². The number of hydrogen-bond acceptors (Lipinski definition) is 3. The van der Waals surface area contributed by atoms with E-state index in [0.717, 1.165) is 33.3 Å². The maximum absolute atomic E-state index is 12.0. The number of fused-ring (bicyclic) bond motifs is 2. The first-order chi connectivity index (χ1) is 12.8. The number of aromatic nitrogens is 1. The van der Waals surface area contributed by atoms with Crippen molar-refractivity contribution in [2.75, 3.05) is 5.75 Å². The van der Waals surface area contributed by atoms with Crippen molar-refractivity contribution in [3.05, 3.63) is 63.8 Å². The van der Waals surface area contributed by atoms with Crippen molar-refractivity contribution < 1.29 is 18.3 Å². The molecule has 0 bridgehead atoms. The second-order valence-electron chi connectivity index (χ2n) is 6.89. The highest BCUT2D eigenvalue weighted by Gasteiger charge is 2.26.